The van der Waals surface area contributed by atoms with Gasteiger partial charge in [0.15, 0.2) is 5.69 Å². The molecule has 0 aliphatic carbocycles. The van der Waals surface area contributed by atoms with Crippen LogP contribution in [0.15, 0.2) is 63.7 Å². The number of carbonyl (C=O) groups is 1. The van der Waals surface area contributed by atoms with E-state index in [-0.39, 0.29) is 31.2 Å². The molecule has 2 aromatic carbocycles. The number of nitrogens with two attached hydrogens (primary N) is 1. The Morgan fingerprint density at radius 2 is 1.97 bits per heavy atom. The molecule has 0 unspecified atom stereocenters. The summed E-state index contributed by atoms with van der Waals surface area (Å²) in [6.07, 6.45) is 1.68. The van der Waals surface area contributed by atoms with Crippen molar-refractivity contribution in [3.05, 3.63) is 91.1 Å². The lowest BCUT2D eigenvalue weighted by atomic mass is 10.1. The number of benzene rings is 2. The molecule has 0 atom stereocenters. The third-order valence-electron chi connectivity index (χ3n) is 5.19. The van der Waals surface area contributed by atoms with Crippen molar-refractivity contribution in [1.29, 1.82) is 0 Å². The van der Waals surface area contributed by atoms with Crippen molar-refractivity contribution in [2.24, 2.45) is 0 Å². The lowest BCUT2D eigenvalue weighted by Gasteiger charge is -2.26. The first kappa shape index (κ1) is 21.5. The highest BCUT2D eigenvalue weighted by Gasteiger charge is 2.27. The minimum Gasteiger partial charge on any atom is -0.488 e. The van der Waals surface area contributed by atoms with Crippen molar-refractivity contribution in [3.8, 4) is 5.75 Å². The normalized spacial score (nSPS) is 12.5. The molecule has 3 N–H and O–H groups in total. The van der Waals surface area contributed by atoms with Crippen LogP contribution in [0.3, 0.4) is 0 Å². The van der Waals surface area contributed by atoms with Crippen molar-refractivity contribution in [1.82, 2.24) is 9.55 Å². The highest BCUT2D eigenvalue weighted by atomic mass is 35.5. The maximum atomic E-state index is 13.3. The molecule has 1 aromatic heterocycles. The van der Waals surface area contributed by atoms with Gasteiger partial charge in [-0.15, -0.1) is 0 Å². The number of aromatic nitrogens is 2. The van der Waals surface area contributed by atoms with Crippen LogP contribution in [0, 0.1) is 0 Å². The van der Waals surface area contributed by atoms with Crippen LogP contribution in [0.4, 0.5) is 11.5 Å². The quantitative estimate of drug-likeness (QED) is 0.618. The van der Waals surface area contributed by atoms with E-state index < -0.39 is 17.2 Å². The molecule has 164 valence electrons. The average Bonchev–Trinajstić information content (AvgIpc) is 2.79. The number of halogens is 1. The number of nitrogen functional groups attached to an aromatic ring is 1. The molecule has 3 aromatic rings. The van der Waals surface area contributed by atoms with E-state index in [0.29, 0.717) is 21.9 Å². The van der Waals surface area contributed by atoms with Gasteiger partial charge in [-0.05, 0) is 36.8 Å². The maximum absolute atomic E-state index is 13.3. The lowest BCUT2D eigenvalue weighted by molar-refractivity contribution is -0.115. The van der Waals surface area contributed by atoms with E-state index in [1.165, 1.54) is 9.47 Å². The van der Waals surface area contributed by atoms with Crippen LogP contribution in [-0.2, 0) is 11.3 Å². The molecule has 4 rings (SSSR count). The first-order valence-corrected chi connectivity index (χ1v) is 10.4. The topological polar surface area (TPSA) is 110 Å². The summed E-state index contributed by atoms with van der Waals surface area (Å²) in [7, 11) is 0. The van der Waals surface area contributed by atoms with E-state index in [9.17, 15) is 14.4 Å². The van der Waals surface area contributed by atoms with Crippen LogP contribution in [0.2, 0.25) is 5.02 Å². The summed E-state index contributed by atoms with van der Waals surface area (Å²) in [6.45, 7) is 2.07. The first-order valence-electron chi connectivity index (χ1n) is 10.00. The number of likely N-dealkylation sites (N-methyl/N-ethyl adjacent to an activating group) is 1. The molecule has 0 fully saturated rings. The third-order valence-corrected chi connectivity index (χ3v) is 5.42. The number of fused-ring (bicyclic) bond motifs is 1. The molecule has 9 heteroatoms. The van der Waals surface area contributed by atoms with Gasteiger partial charge < -0.3 is 15.4 Å². The van der Waals surface area contributed by atoms with Crippen LogP contribution in [-0.4, -0.2) is 28.6 Å². The number of hydrogen-bond donors (Lipinski definition) is 2. The Morgan fingerprint density at radius 1 is 1.22 bits per heavy atom. The highest BCUT2D eigenvalue weighted by molar-refractivity contribution is 6.30. The van der Waals surface area contributed by atoms with Gasteiger partial charge in [-0.2, -0.15) is 0 Å². The Balaban J connectivity index is 1.74. The predicted octanol–water partition coefficient (Wildman–Crippen LogP) is 2.65. The van der Waals surface area contributed by atoms with Crippen LogP contribution in [0.1, 0.15) is 18.1 Å². The van der Waals surface area contributed by atoms with E-state index in [1.54, 1.807) is 31.2 Å². The van der Waals surface area contributed by atoms with Gasteiger partial charge in [0.05, 0.1) is 12.1 Å². The standard InChI is InChI=1S/C23H21ClN4O4/c1-2-27(22(30)16-10-15-11-17(24)8-9-18(15)32-13-16)19-20(25)28(23(31)26-21(19)29)12-14-6-4-3-5-7-14/h3-11H,2,12-13,25H2,1H3,(H,26,29,31). The number of carbonyl (C=O) groups excluding carboxylic acids is 1. The summed E-state index contributed by atoms with van der Waals surface area (Å²) in [4.78, 5) is 42.0. The second-order valence-corrected chi connectivity index (χ2v) is 7.69. The minimum atomic E-state index is -0.729. The zero-order valence-corrected chi connectivity index (χ0v) is 18.1. The summed E-state index contributed by atoms with van der Waals surface area (Å²) in [5.41, 5.74) is 6.63. The van der Waals surface area contributed by atoms with Crippen LogP contribution < -0.4 is 26.6 Å². The highest BCUT2D eigenvalue weighted by Crippen LogP contribution is 2.30. The van der Waals surface area contributed by atoms with Crippen LogP contribution in [0.5, 0.6) is 5.75 Å². The Morgan fingerprint density at radius 3 is 2.69 bits per heavy atom. The monoisotopic (exact) mass is 452 g/mol. The second kappa shape index (κ2) is 8.76. The molecule has 1 amide bonds. The summed E-state index contributed by atoms with van der Waals surface area (Å²) >= 11 is 6.06. The van der Waals surface area contributed by atoms with Crippen molar-refractivity contribution in [3.63, 3.8) is 0 Å². The van der Waals surface area contributed by atoms with E-state index in [0.717, 1.165) is 5.56 Å². The fourth-order valence-corrected chi connectivity index (χ4v) is 3.79. The van der Waals surface area contributed by atoms with Crippen molar-refractivity contribution in [2.45, 2.75) is 13.5 Å². The maximum Gasteiger partial charge on any atom is 0.330 e. The second-order valence-electron chi connectivity index (χ2n) is 7.25. The largest absolute Gasteiger partial charge is 0.488 e. The molecular formula is C23H21ClN4O4. The molecule has 0 spiro atoms. The van der Waals surface area contributed by atoms with Gasteiger partial charge in [0.25, 0.3) is 11.5 Å². The fraction of sp³-hybridized carbons (Fsp3) is 0.174. The van der Waals surface area contributed by atoms with Gasteiger partial charge in [0.1, 0.15) is 18.2 Å². The number of hydrogen-bond acceptors (Lipinski definition) is 5. The summed E-state index contributed by atoms with van der Waals surface area (Å²) in [5.74, 6) is 0.0848. The molecule has 0 bridgehead atoms. The van der Waals surface area contributed by atoms with Crippen LogP contribution in [0.25, 0.3) is 6.08 Å². The number of anilines is 2. The number of ether oxygens (including phenoxy) is 1. The molecule has 1 aliphatic rings. The number of nitrogens with zero attached hydrogens (tertiary/aromatic N) is 2. The molecule has 0 saturated carbocycles. The molecule has 0 saturated heterocycles. The van der Waals surface area contributed by atoms with Gasteiger partial charge in [-0.3, -0.25) is 19.1 Å². The Hall–Kier alpha value is -3.78. The molecule has 0 radical (unpaired) electrons. The summed E-state index contributed by atoms with van der Waals surface area (Å²) < 4.78 is 6.92. The summed E-state index contributed by atoms with van der Waals surface area (Å²) in [5, 5.41) is 0.512. The fourth-order valence-electron chi connectivity index (χ4n) is 3.61. The summed E-state index contributed by atoms with van der Waals surface area (Å²) in [6, 6.07) is 14.3. The Labute approximate surface area is 188 Å². The van der Waals surface area contributed by atoms with Crippen molar-refractivity contribution in [2.75, 3.05) is 23.8 Å². The zero-order valence-electron chi connectivity index (χ0n) is 17.3. The molecular weight excluding hydrogens is 432 g/mol. The van der Waals surface area contributed by atoms with Gasteiger partial charge in [-0.1, -0.05) is 41.9 Å². The number of aromatic amines is 1. The lowest BCUT2D eigenvalue weighted by Crippen LogP contribution is -2.42. The van der Waals surface area contributed by atoms with Crippen LogP contribution >= 0.6 is 11.6 Å². The van der Waals surface area contributed by atoms with E-state index >= 15 is 0 Å². The minimum absolute atomic E-state index is 0.0332. The van der Waals surface area contributed by atoms with Crippen molar-refractivity contribution < 1.29 is 9.53 Å². The molecule has 32 heavy (non-hydrogen) atoms. The Kier molecular flexibility index (Phi) is 5.87. The molecule has 2 heterocycles. The van der Waals surface area contributed by atoms with Gasteiger partial charge in [0.2, 0.25) is 0 Å². The predicted molar refractivity (Wildman–Crippen MR) is 124 cm³/mol. The SMILES string of the molecule is CCN(C(=O)C1=Cc2cc(Cl)ccc2OC1)c1c(N)n(Cc2ccccc2)c(=O)[nH]c1=O. The van der Waals surface area contributed by atoms with Gasteiger partial charge in [-0.25, -0.2) is 4.79 Å². The first-order chi connectivity index (χ1) is 15.4. The Bertz CT molecular complexity index is 1330. The average molecular weight is 453 g/mol. The number of nitrogens with one attached hydrogen (secondary N) is 1. The number of rotatable bonds is 5. The zero-order chi connectivity index (χ0) is 22.8. The van der Waals surface area contributed by atoms with Gasteiger partial charge >= 0.3 is 5.69 Å². The molecule has 8 nitrogen and oxygen atoms in total. The smallest absolute Gasteiger partial charge is 0.330 e. The van der Waals surface area contributed by atoms with Crippen molar-refractivity contribution >= 4 is 35.1 Å². The number of H-pyrrole nitrogens is 1. The molecule has 1 aliphatic heterocycles. The third kappa shape index (κ3) is 4.04. The van der Waals surface area contributed by atoms with E-state index in [1.807, 2.05) is 30.3 Å². The van der Waals surface area contributed by atoms with E-state index in [2.05, 4.69) is 4.98 Å². The van der Waals surface area contributed by atoms with Gasteiger partial charge in [0, 0.05) is 17.1 Å². The van der Waals surface area contributed by atoms with E-state index in [4.69, 9.17) is 22.1 Å². The number of amides is 1.